The lowest BCUT2D eigenvalue weighted by molar-refractivity contribution is 0.422. The summed E-state index contributed by atoms with van der Waals surface area (Å²) in [4.78, 5) is 0. The molecule has 0 saturated carbocycles. The van der Waals surface area contributed by atoms with E-state index in [0.717, 1.165) is 24.8 Å². The Morgan fingerprint density at radius 2 is 2.41 bits per heavy atom. The van der Waals surface area contributed by atoms with Crippen LogP contribution in [-0.4, -0.2) is 33.0 Å². The van der Waals surface area contributed by atoms with Gasteiger partial charge in [-0.05, 0) is 43.9 Å². The quantitative estimate of drug-likeness (QED) is 0.862. The second kappa shape index (κ2) is 5.23. The van der Waals surface area contributed by atoms with Gasteiger partial charge in [0.05, 0.1) is 24.0 Å². The highest BCUT2D eigenvalue weighted by molar-refractivity contribution is 7.91. The van der Waals surface area contributed by atoms with E-state index in [-0.39, 0.29) is 0 Å². The highest BCUT2D eigenvalue weighted by atomic mass is 32.2. The van der Waals surface area contributed by atoms with Crippen LogP contribution in [-0.2, 0) is 16.3 Å². The maximum atomic E-state index is 11.4. The standard InChI is InChI=1S/C12H19NO3S/c1-13-12(6-10-2-4-16-8-10)7-11-3-5-17(14,15)9-11/h2,4,8,11-13H,3,5-7,9H2,1H3. The lowest BCUT2D eigenvalue weighted by Crippen LogP contribution is -2.30. The predicted octanol–water partition coefficient (Wildman–Crippen LogP) is 1.23. The van der Waals surface area contributed by atoms with Gasteiger partial charge >= 0.3 is 0 Å². The van der Waals surface area contributed by atoms with Crippen LogP contribution in [0.25, 0.3) is 0 Å². The monoisotopic (exact) mass is 257 g/mol. The van der Waals surface area contributed by atoms with Crippen molar-refractivity contribution in [3.8, 4) is 0 Å². The molecule has 0 aliphatic carbocycles. The molecule has 1 aliphatic rings. The summed E-state index contributed by atoms with van der Waals surface area (Å²) in [7, 11) is -0.833. The number of furan rings is 1. The van der Waals surface area contributed by atoms with E-state index in [4.69, 9.17) is 4.42 Å². The van der Waals surface area contributed by atoms with Crippen molar-refractivity contribution >= 4 is 9.84 Å². The van der Waals surface area contributed by atoms with Gasteiger partial charge in [-0.2, -0.15) is 0 Å². The van der Waals surface area contributed by atoms with Crippen LogP contribution in [0.2, 0.25) is 0 Å². The molecule has 4 nitrogen and oxygen atoms in total. The average Bonchev–Trinajstić information content (AvgIpc) is 2.87. The van der Waals surface area contributed by atoms with Crippen LogP contribution in [0.3, 0.4) is 0 Å². The first-order valence-electron chi connectivity index (χ1n) is 5.98. The zero-order valence-electron chi connectivity index (χ0n) is 10.1. The lowest BCUT2D eigenvalue weighted by Gasteiger charge is -2.18. The van der Waals surface area contributed by atoms with Gasteiger partial charge in [-0.3, -0.25) is 0 Å². The lowest BCUT2D eigenvalue weighted by atomic mass is 9.96. The molecule has 0 amide bonds. The number of hydrogen-bond acceptors (Lipinski definition) is 4. The summed E-state index contributed by atoms with van der Waals surface area (Å²) >= 11 is 0. The van der Waals surface area contributed by atoms with Crippen molar-refractivity contribution in [1.82, 2.24) is 5.32 Å². The minimum atomic E-state index is -2.76. The van der Waals surface area contributed by atoms with E-state index in [1.54, 1.807) is 12.5 Å². The normalized spacial score (nSPS) is 24.9. The number of likely N-dealkylation sites (N-methyl/N-ethyl adjacent to an activating group) is 1. The number of nitrogens with one attached hydrogen (secondary N) is 1. The third-order valence-electron chi connectivity index (χ3n) is 3.42. The van der Waals surface area contributed by atoms with Crippen LogP contribution in [0.4, 0.5) is 0 Å². The molecular formula is C12H19NO3S. The second-order valence-corrected chi connectivity index (χ2v) is 7.05. The van der Waals surface area contributed by atoms with Gasteiger partial charge in [0.15, 0.2) is 9.84 Å². The van der Waals surface area contributed by atoms with Crippen molar-refractivity contribution in [3.63, 3.8) is 0 Å². The van der Waals surface area contributed by atoms with Gasteiger partial charge in [-0.15, -0.1) is 0 Å². The minimum absolute atomic E-state index is 0.310. The molecule has 1 N–H and O–H groups in total. The molecule has 96 valence electrons. The Morgan fingerprint density at radius 1 is 1.59 bits per heavy atom. The fourth-order valence-corrected chi connectivity index (χ4v) is 4.34. The summed E-state index contributed by atoms with van der Waals surface area (Å²) in [5, 5.41) is 3.26. The molecule has 5 heteroatoms. The smallest absolute Gasteiger partial charge is 0.150 e. The third kappa shape index (κ3) is 3.57. The summed E-state index contributed by atoms with van der Waals surface area (Å²) in [6.45, 7) is 0. The summed E-state index contributed by atoms with van der Waals surface area (Å²) in [6.07, 6.45) is 6.04. The molecule has 2 rings (SSSR count). The van der Waals surface area contributed by atoms with Crippen molar-refractivity contribution in [3.05, 3.63) is 24.2 Å². The summed E-state index contributed by atoms with van der Waals surface area (Å²) in [6, 6.07) is 2.28. The van der Waals surface area contributed by atoms with Gasteiger partial charge in [0.1, 0.15) is 0 Å². The van der Waals surface area contributed by atoms with Gasteiger partial charge in [0.25, 0.3) is 0 Å². The molecule has 1 saturated heterocycles. The number of sulfone groups is 1. The van der Waals surface area contributed by atoms with E-state index in [2.05, 4.69) is 5.32 Å². The molecule has 1 aromatic rings. The summed E-state index contributed by atoms with van der Waals surface area (Å²) in [5.74, 6) is 1.03. The van der Waals surface area contributed by atoms with Crippen molar-refractivity contribution < 1.29 is 12.8 Å². The van der Waals surface area contributed by atoms with Gasteiger partial charge in [-0.25, -0.2) is 8.42 Å². The SMILES string of the molecule is CNC(Cc1ccoc1)CC1CCS(=O)(=O)C1. The first-order chi connectivity index (χ1) is 8.09. The van der Waals surface area contributed by atoms with Crippen LogP contribution >= 0.6 is 0 Å². The molecule has 0 bridgehead atoms. The van der Waals surface area contributed by atoms with Crippen LogP contribution < -0.4 is 5.32 Å². The topological polar surface area (TPSA) is 59.3 Å². The molecule has 0 aromatic carbocycles. The minimum Gasteiger partial charge on any atom is -0.472 e. The van der Waals surface area contributed by atoms with Crippen LogP contribution in [0.5, 0.6) is 0 Å². The van der Waals surface area contributed by atoms with Crippen molar-refractivity contribution in [1.29, 1.82) is 0 Å². The van der Waals surface area contributed by atoms with Gasteiger partial charge in [0, 0.05) is 6.04 Å². The Balaban J connectivity index is 1.88. The van der Waals surface area contributed by atoms with E-state index in [1.165, 1.54) is 0 Å². The van der Waals surface area contributed by atoms with Crippen LogP contribution in [0, 0.1) is 5.92 Å². The van der Waals surface area contributed by atoms with Gasteiger partial charge < -0.3 is 9.73 Å². The van der Waals surface area contributed by atoms with Crippen LogP contribution in [0.1, 0.15) is 18.4 Å². The largest absolute Gasteiger partial charge is 0.472 e. The fraction of sp³-hybridized carbons (Fsp3) is 0.667. The van der Waals surface area contributed by atoms with E-state index in [1.807, 2.05) is 13.1 Å². The van der Waals surface area contributed by atoms with E-state index in [0.29, 0.717) is 23.5 Å². The molecule has 1 aromatic heterocycles. The van der Waals surface area contributed by atoms with E-state index in [9.17, 15) is 8.42 Å². The van der Waals surface area contributed by atoms with Crippen molar-refractivity contribution in [2.24, 2.45) is 5.92 Å². The molecule has 0 radical (unpaired) electrons. The fourth-order valence-electron chi connectivity index (χ4n) is 2.46. The number of hydrogen-bond donors (Lipinski definition) is 1. The van der Waals surface area contributed by atoms with Gasteiger partial charge in [-0.1, -0.05) is 0 Å². The van der Waals surface area contributed by atoms with E-state index >= 15 is 0 Å². The molecular weight excluding hydrogens is 238 g/mol. The Labute approximate surface area is 102 Å². The zero-order valence-corrected chi connectivity index (χ0v) is 10.9. The number of rotatable bonds is 5. The molecule has 2 atom stereocenters. The highest BCUT2D eigenvalue weighted by Crippen LogP contribution is 2.24. The highest BCUT2D eigenvalue weighted by Gasteiger charge is 2.29. The summed E-state index contributed by atoms with van der Waals surface area (Å²) in [5.41, 5.74) is 1.16. The Hall–Kier alpha value is -0.810. The maximum absolute atomic E-state index is 11.4. The molecule has 2 heterocycles. The first-order valence-corrected chi connectivity index (χ1v) is 7.80. The van der Waals surface area contributed by atoms with Crippen molar-refractivity contribution in [2.45, 2.75) is 25.3 Å². The van der Waals surface area contributed by atoms with E-state index < -0.39 is 9.84 Å². The molecule has 0 spiro atoms. The van der Waals surface area contributed by atoms with Crippen LogP contribution in [0.15, 0.2) is 23.0 Å². The second-order valence-electron chi connectivity index (χ2n) is 4.83. The Morgan fingerprint density at radius 3 is 2.94 bits per heavy atom. The Kier molecular flexibility index (Phi) is 3.89. The first kappa shape index (κ1) is 12.6. The Bertz CT molecular complexity index is 438. The molecule has 2 unspecified atom stereocenters. The predicted molar refractivity (Wildman–Crippen MR) is 66.6 cm³/mol. The van der Waals surface area contributed by atoms with Crippen molar-refractivity contribution in [2.75, 3.05) is 18.6 Å². The third-order valence-corrected chi connectivity index (χ3v) is 5.25. The average molecular weight is 257 g/mol. The maximum Gasteiger partial charge on any atom is 0.150 e. The van der Waals surface area contributed by atoms with Gasteiger partial charge in [0.2, 0.25) is 0 Å². The zero-order chi connectivity index (χ0) is 12.3. The molecule has 1 fully saturated rings. The molecule has 1 aliphatic heterocycles. The summed E-state index contributed by atoms with van der Waals surface area (Å²) < 4.78 is 27.8. The molecule has 17 heavy (non-hydrogen) atoms.